The van der Waals surface area contributed by atoms with Crippen molar-refractivity contribution >= 4 is 5.78 Å². The van der Waals surface area contributed by atoms with Crippen molar-refractivity contribution in [3.05, 3.63) is 59.4 Å². The number of hydrogen-bond donors (Lipinski definition) is 0. The molecule has 98 valence electrons. The zero-order valence-corrected chi connectivity index (χ0v) is 11.2. The standard InChI is InChI=1S/C17H17FO/c1-3-4-15-9-10-16(11-17(15)18)14-7-5-13(6-8-14)12(2)19/h5-11H,3-4H2,1-2H3. The highest BCUT2D eigenvalue weighted by atomic mass is 19.1. The Morgan fingerprint density at radius 3 is 2.21 bits per heavy atom. The Morgan fingerprint density at radius 1 is 1.05 bits per heavy atom. The van der Waals surface area contributed by atoms with Crippen LogP contribution in [0.4, 0.5) is 4.39 Å². The van der Waals surface area contributed by atoms with Gasteiger partial charge in [0, 0.05) is 5.56 Å². The van der Waals surface area contributed by atoms with Gasteiger partial charge in [-0.2, -0.15) is 0 Å². The Morgan fingerprint density at radius 2 is 1.68 bits per heavy atom. The van der Waals surface area contributed by atoms with Gasteiger partial charge in [-0.25, -0.2) is 4.39 Å². The van der Waals surface area contributed by atoms with Crippen LogP contribution < -0.4 is 0 Å². The molecule has 2 rings (SSSR count). The summed E-state index contributed by atoms with van der Waals surface area (Å²) in [5.41, 5.74) is 3.19. The molecular formula is C17H17FO. The number of halogens is 1. The number of hydrogen-bond acceptors (Lipinski definition) is 1. The number of Topliss-reactive ketones (excluding diaryl/α,β-unsaturated/α-hetero) is 1. The molecule has 0 spiro atoms. The van der Waals surface area contributed by atoms with Gasteiger partial charge in [0.2, 0.25) is 0 Å². The maximum Gasteiger partial charge on any atom is 0.159 e. The molecule has 0 heterocycles. The topological polar surface area (TPSA) is 17.1 Å². The SMILES string of the molecule is CCCc1ccc(-c2ccc(C(C)=O)cc2)cc1F. The second kappa shape index (κ2) is 5.79. The molecule has 1 nitrogen and oxygen atoms in total. The maximum absolute atomic E-state index is 13.9. The van der Waals surface area contributed by atoms with E-state index in [2.05, 4.69) is 0 Å². The second-order valence-corrected chi connectivity index (χ2v) is 4.69. The number of carbonyl (C=O) groups excluding carboxylic acids is 1. The molecule has 2 aromatic carbocycles. The van der Waals surface area contributed by atoms with E-state index in [1.807, 2.05) is 31.2 Å². The van der Waals surface area contributed by atoms with Crippen molar-refractivity contribution in [2.75, 3.05) is 0 Å². The lowest BCUT2D eigenvalue weighted by atomic mass is 10.00. The summed E-state index contributed by atoms with van der Waals surface area (Å²) < 4.78 is 13.9. The monoisotopic (exact) mass is 256 g/mol. The molecule has 2 aromatic rings. The smallest absolute Gasteiger partial charge is 0.159 e. The van der Waals surface area contributed by atoms with Crippen LogP contribution in [0.25, 0.3) is 11.1 Å². The summed E-state index contributed by atoms with van der Waals surface area (Å²) in [5, 5.41) is 0. The zero-order chi connectivity index (χ0) is 13.8. The van der Waals surface area contributed by atoms with Gasteiger partial charge in [-0.1, -0.05) is 49.7 Å². The minimum absolute atomic E-state index is 0.0380. The summed E-state index contributed by atoms with van der Waals surface area (Å²) in [4.78, 5) is 11.2. The summed E-state index contributed by atoms with van der Waals surface area (Å²) >= 11 is 0. The number of ketones is 1. The molecule has 0 N–H and O–H groups in total. The van der Waals surface area contributed by atoms with Crippen LogP contribution >= 0.6 is 0 Å². The lowest BCUT2D eigenvalue weighted by Gasteiger charge is -2.06. The summed E-state index contributed by atoms with van der Waals surface area (Å²) in [6.07, 6.45) is 1.69. The third-order valence-electron chi connectivity index (χ3n) is 3.20. The first-order valence-corrected chi connectivity index (χ1v) is 6.51. The van der Waals surface area contributed by atoms with Gasteiger partial charge < -0.3 is 0 Å². The third-order valence-corrected chi connectivity index (χ3v) is 3.20. The molecule has 0 aliphatic carbocycles. The molecule has 0 aliphatic heterocycles. The molecule has 0 saturated heterocycles. The van der Waals surface area contributed by atoms with Crippen molar-refractivity contribution in [2.45, 2.75) is 26.7 Å². The van der Waals surface area contributed by atoms with E-state index in [0.29, 0.717) is 5.56 Å². The lowest BCUT2D eigenvalue weighted by Crippen LogP contribution is -1.92. The summed E-state index contributed by atoms with van der Waals surface area (Å²) in [5.74, 6) is -0.119. The van der Waals surface area contributed by atoms with Crippen LogP contribution in [-0.4, -0.2) is 5.78 Å². The molecule has 0 unspecified atom stereocenters. The van der Waals surface area contributed by atoms with Gasteiger partial charge >= 0.3 is 0 Å². The second-order valence-electron chi connectivity index (χ2n) is 4.69. The Labute approximate surface area is 113 Å². The Bertz CT molecular complexity index is 585. The van der Waals surface area contributed by atoms with Gasteiger partial charge in [0.15, 0.2) is 5.78 Å². The van der Waals surface area contributed by atoms with E-state index in [9.17, 15) is 9.18 Å². The van der Waals surface area contributed by atoms with Gasteiger partial charge in [-0.05, 0) is 36.1 Å². The van der Waals surface area contributed by atoms with Crippen molar-refractivity contribution in [3.8, 4) is 11.1 Å². The predicted molar refractivity (Wildman–Crippen MR) is 75.8 cm³/mol. The average Bonchev–Trinajstić information content (AvgIpc) is 2.41. The van der Waals surface area contributed by atoms with Crippen molar-refractivity contribution in [1.82, 2.24) is 0 Å². The largest absolute Gasteiger partial charge is 0.295 e. The van der Waals surface area contributed by atoms with Crippen molar-refractivity contribution in [1.29, 1.82) is 0 Å². The average molecular weight is 256 g/mol. The van der Waals surface area contributed by atoms with Crippen LogP contribution in [0.5, 0.6) is 0 Å². The van der Waals surface area contributed by atoms with Crippen LogP contribution in [0.2, 0.25) is 0 Å². The first-order chi connectivity index (χ1) is 9.11. The van der Waals surface area contributed by atoms with E-state index in [0.717, 1.165) is 29.5 Å². The van der Waals surface area contributed by atoms with Crippen molar-refractivity contribution in [2.24, 2.45) is 0 Å². The van der Waals surface area contributed by atoms with Gasteiger partial charge in [0.05, 0.1) is 0 Å². The predicted octanol–water partition coefficient (Wildman–Crippen LogP) is 4.65. The first-order valence-electron chi connectivity index (χ1n) is 6.51. The van der Waals surface area contributed by atoms with Crippen LogP contribution in [-0.2, 0) is 6.42 Å². The van der Waals surface area contributed by atoms with Crippen molar-refractivity contribution < 1.29 is 9.18 Å². The summed E-state index contributed by atoms with van der Waals surface area (Å²) in [6.45, 7) is 3.57. The third kappa shape index (κ3) is 3.08. The molecule has 0 atom stereocenters. The molecular weight excluding hydrogens is 239 g/mol. The van der Waals surface area contributed by atoms with Crippen LogP contribution in [0.1, 0.15) is 36.2 Å². The van der Waals surface area contributed by atoms with E-state index < -0.39 is 0 Å². The van der Waals surface area contributed by atoms with E-state index >= 15 is 0 Å². The van der Waals surface area contributed by atoms with Gasteiger partial charge in [0.25, 0.3) is 0 Å². The van der Waals surface area contributed by atoms with E-state index in [1.54, 1.807) is 18.2 Å². The van der Waals surface area contributed by atoms with Gasteiger partial charge in [-0.15, -0.1) is 0 Å². The molecule has 2 heteroatoms. The fraction of sp³-hybridized carbons (Fsp3) is 0.235. The minimum atomic E-state index is -0.157. The highest BCUT2D eigenvalue weighted by Crippen LogP contribution is 2.23. The Hall–Kier alpha value is -1.96. The van der Waals surface area contributed by atoms with Gasteiger partial charge in [-0.3, -0.25) is 4.79 Å². The van der Waals surface area contributed by atoms with E-state index in [1.165, 1.54) is 6.92 Å². The fourth-order valence-corrected chi connectivity index (χ4v) is 2.10. The quantitative estimate of drug-likeness (QED) is 0.728. The molecule has 0 bridgehead atoms. The molecule has 0 amide bonds. The number of rotatable bonds is 4. The molecule has 0 aromatic heterocycles. The maximum atomic E-state index is 13.9. The number of benzene rings is 2. The zero-order valence-electron chi connectivity index (χ0n) is 11.2. The Kier molecular flexibility index (Phi) is 4.10. The van der Waals surface area contributed by atoms with Crippen LogP contribution in [0.15, 0.2) is 42.5 Å². The molecule has 0 fully saturated rings. The highest BCUT2D eigenvalue weighted by molar-refractivity contribution is 5.94. The van der Waals surface area contributed by atoms with Crippen molar-refractivity contribution in [3.63, 3.8) is 0 Å². The minimum Gasteiger partial charge on any atom is -0.295 e. The summed E-state index contributed by atoms with van der Waals surface area (Å²) in [6, 6.07) is 12.6. The normalized spacial score (nSPS) is 10.5. The van der Waals surface area contributed by atoms with E-state index in [-0.39, 0.29) is 11.6 Å². The molecule has 0 aliphatic rings. The molecule has 19 heavy (non-hydrogen) atoms. The molecule has 0 saturated carbocycles. The Balaban J connectivity index is 2.31. The number of aryl methyl sites for hydroxylation is 1. The summed E-state index contributed by atoms with van der Waals surface area (Å²) in [7, 11) is 0. The number of carbonyl (C=O) groups is 1. The highest BCUT2D eigenvalue weighted by Gasteiger charge is 2.05. The van der Waals surface area contributed by atoms with Crippen LogP contribution in [0.3, 0.4) is 0 Å². The lowest BCUT2D eigenvalue weighted by molar-refractivity contribution is 0.101. The van der Waals surface area contributed by atoms with E-state index in [4.69, 9.17) is 0 Å². The van der Waals surface area contributed by atoms with Crippen LogP contribution in [0, 0.1) is 5.82 Å². The fourth-order valence-electron chi connectivity index (χ4n) is 2.10. The molecule has 0 radical (unpaired) electrons. The first kappa shape index (κ1) is 13.5. The van der Waals surface area contributed by atoms with Gasteiger partial charge in [0.1, 0.15) is 5.82 Å².